The Kier molecular flexibility index (Phi) is 5.08. The Bertz CT molecular complexity index is 1150. The Morgan fingerprint density at radius 3 is 2.55 bits per heavy atom. The van der Waals surface area contributed by atoms with Crippen molar-refractivity contribution in [3.63, 3.8) is 0 Å². The number of anilines is 1. The zero-order chi connectivity index (χ0) is 22.6. The number of carbonyl (C=O) groups excluding carboxylic acids is 1. The third-order valence-electron chi connectivity index (χ3n) is 5.26. The second-order valence-electron chi connectivity index (χ2n) is 7.60. The van der Waals surface area contributed by atoms with E-state index >= 15 is 0 Å². The van der Waals surface area contributed by atoms with E-state index in [1.54, 1.807) is 0 Å². The SMILES string of the molecule is Nc1cccc(S(=O)(=O)NC(=O)C2(Oc3cc(Cl)ccc3C3CC3C(F)(F)F)CC2)n1. The van der Waals surface area contributed by atoms with E-state index in [-0.39, 0.29) is 41.4 Å². The van der Waals surface area contributed by atoms with Crippen molar-refractivity contribution >= 4 is 33.3 Å². The highest BCUT2D eigenvalue weighted by molar-refractivity contribution is 7.90. The molecule has 2 aromatic rings. The molecule has 2 fully saturated rings. The topological polar surface area (TPSA) is 111 Å². The fourth-order valence-corrected chi connectivity index (χ4v) is 4.53. The maximum absolute atomic E-state index is 13.0. The van der Waals surface area contributed by atoms with Gasteiger partial charge in [0.15, 0.2) is 10.6 Å². The summed E-state index contributed by atoms with van der Waals surface area (Å²) in [4.78, 5) is 16.4. The minimum atomic E-state index is -4.34. The molecule has 1 heterocycles. The van der Waals surface area contributed by atoms with Gasteiger partial charge < -0.3 is 10.5 Å². The van der Waals surface area contributed by atoms with E-state index in [1.807, 2.05) is 4.72 Å². The Labute approximate surface area is 180 Å². The quantitative estimate of drug-likeness (QED) is 0.662. The number of pyridine rings is 1. The number of benzene rings is 1. The largest absolute Gasteiger partial charge is 0.477 e. The van der Waals surface area contributed by atoms with Gasteiger partial charge in [-0.15, -0.1) is 0 Å². The van der Waals surface area contributed by atoms with E-state index in [0.29, 0.717) is 0 Å². The average molecular weight is 476 g/mol. The van der Waals surface area contributed by atoms with E-state index in [1.165, 1.54) is 36.4 Å². The number of carbonyl (C=O) groups is 1. The number of aromatic nitrogens is 1. The van der Waals surface area contributed by atoms with E-state index in [2.05, 4.69) is 4.98 Å². The number of rotatable bonds is 6. The number of halogens is 4. The van der Waals surface area contributed by atoms with Gasteiger partial charge in [-0.05, 0) is 42.2 Å². The summed E-state index contributed by atoms with van der Waals surface area (Å²) in [6, 6.07) is 8.16. The number of hydrogen-bond acceptors (Lipinski definition) is 6. The summed E-state index contributed by atoms with van der Waals surface area (Å²) in [5, 5.41) is -0.221. The van der Waals surface area contributed by atoms with Crippen LogP contribution in [0.5, 0.6) is 5.75 Å². The summed E-state index contributed by atoms with van der Waals surface area (Å²) < 4.78 is 71.7. The molecule has 1 aromatic heterocycles. The number of nitrogens with one attached hydrogen (secondary N) is 1. The maximum Gasteiger partial charge on any atom is 0.392 e. The monoisotopic (exact) mass is 475 g/mol. The zero-order valence-electron chi connectivity index (χ0n) is 15.8. The number of ether oxygens (including phenoxy) is 1. The van der Waals surface area contributed by atoms with Crippen LogP contribution in [0.15, 0.2) is 41.4 Å². The fourth-order valence-electron chi connectivity index (χ4n) is 3.35. The van der Waals surface area contributed by atoms with Crippen LogP contribution in [0.25, 0.3) is 0 Å². The first-order valence-electron chi connectivity index (χ1n) is 9.26. The molecule has 2 aliphatic carbocycles. The number of nitrogens with zero attached hydrogens (tertiary/aromatic N) is 1. The van der Waals surface area contributed by atoms with Crippen molar-refractivity contribution in [1.82, 2.24) is 9.71 Å². The van der Waals surface area contributed by atoms with Crippen LogP contribution in [-0.2, 0) is 14.8 Å². The van der Waals surface area contributed by atoms with Crippen LogP contribution in [-0.4, -0.2) is 31.1 Å². The van der Waals surface area contributed by atoms with Gasteiger partial charge >= 0.3 is 6.18 Å². The molecule has 1 aromatic carbocycles. The van der Waals surface area contributed by atoms with Crippen molar-refractivity contribution in [1.29, 1.82) is 0 Å². The predicted molar refractivity (Wildman–Crippen MR) is 105 cm³/mol. The van der Waals surface area contributed by atoms with Crippen LogP contribution < -0.4 is 15.2 Å². The second-order valence-corrected chi connectivity index (χ2v) is 9.67. The minimum absolute atomic E-state index is 0.0383. The molecule has 2 aliphatic rings. The van der Waals surface area contributed by atoms with E-state index in [9.17, 15) is 26.4 Å². The molecule has 0 radical (unpaired) electrons. The van der Waals surface area contributed by atoms with Crippen molar-refractivity contribution in [3.8, 4) is 5.75 Å². The van der Waals surface area contributed by atoms with Crippen LogP contribution in [0.1, 0.15) is 30.7 Å². The van der Waals surface area contributed by atoms with E-state index in [0.717, 1.165) is 0 Å². The highest BCUT2D eigenvalue weighted by Crippen LogP contribution is 2.58. The third-order valence-corrected chi connectivity index (χ3v) is 6.72. The van der Waals surface area contributed by atoms with E-state index in [4.69, 9.17) is 22.1 Å². The summed E-state index contributed by atoms with van der Waals surface area (Å²) in [6.07, 6.45) is -4.04. The molecule has 1 amide bonds. The van der Waals surface area contributed by atoms with Crippen molar-refractivity contribution in [2.24, 2.45) is 5.92 Å². The summed E-state index contributed by atoms with van der Waals surface area (Å²) >= 11 is 5.98. The molecule has 4 rings (SSSR count). The molecule has 166 valence electrons. The molecule has 7 nitrogen and oxygen atoms in total. The molecule has 0 bridgehead atoms. The molecule has 2 unspecified atom stereocenters. The molecule has 31 heavy (non-hydrogen) atoms. The van der Waals surface area contributed by atoms with Crippen LogP contribution in [0.3, 0.4) is 0 Å². The van der Waals surface area contributed by atoms with Crippen molar-refractivity contribution in [2.45, 2.75) is 42.0 Å². The van der Waals surface area contributed by atoms with Gasteiger partial charge in [-0.25, -0.2) is 9.71 Å². The van der Waals surface area contributed by atoms with Crippen molar-refractivity contribution in [2.75, 3.05) is 5.73 Å². The smallest absolute Gasteiger partial charge is 0.392 e. The van der Waals surface area contributed by atoms with Crippen LogP contribution in [0, 0.1) is 5.92 Å². The fraction of sp³-hybridized carbons (Fsp3) is 0.368. The molecule has 0 spiro atoms. The molecular formula is C19H17ClF3N3O4S. The first-order valence-corrected chi connectivity index (χ1v) is 11.1. The molecule has 0 saturated heterocycles. The lowest BCUT2D eigenvalue weighted by atomic mass is 10.1. The molecule has 2 saturated carbocycles. The van der Waals surface area contributed by atoms with Gasteiger partial charge in [-0.1, -0.05) is 23.7 Å². The highest BCUT2D eigenvalue weighted by atomic mass is 35.5. The van der Waals surface area contributed by atoms with Gasteiger partial charge in [0.05, 0.1) is 5.92 Å². The lowest BCUT2D eigenvalue weighted by molar-refractivity contribution is -0.148. The van der Waals surface area contributed by atoms with Gasteiger partial charge in [-0.2, -0.15) is 21.6 Å². The summed E-state index contributed by atoms with van der Waals surface area (Å²) in [7, 11) is -4.31. The summed E-state index contributed by atoms with van der Waals surface area (Å²) in [6.45, 7) is 0. The summed E-state index contributed by atoms with van der Waals surface area (Å²) in [5.74, 6) is -3.23. The van der Waals surface area contributed by atoms with Crippen LogP contribution in [0.4, 0.5) is 19.0 Å². The molecule has 12 heteroatoms. The van der Waals surface area contributed by atoms with Gasteiger partial charge in [0.25, 0.3) is 15.9 Å². The minimum Gasteiger partial charge on any atom is -0.477 e. The third kappa shape index (κ3) is 4.42. The van der Waals surface area contributed by atoms with Gasteiger partial charge in [-0.3, -0.25) is 4.79 Å². The summed E-state index contributed by atoms with van der Waals surface area (Å²) in [5.41, 5.74) is 4.25. The predicted octanol–water partition coefficient (Wildman–Crippen LogP) is 3.40. The lowest BCUT2D eigenvalue weighted by Crippen LogP contribution is -2.43. The van der Waals surface area contributed by atoms with Crippen LogP contribution >= 0.6 is 11.6 Å². The zero-order valence-corrected chi connectivity index (χ0v) is 17.4. The number of alkyl halides is 3. The number of sulfonamides is 1. The van der Waals surface area contributed by atoms with Crippen molar-refractivity contribution < 1.29 is 31.1 Å². The number of amides is 1. The first-order chi connectivity index (χ1) is 14.4. The van der Waals surface area contributed by atoms with Gasteiger partial charge in [0.1, 0.15) is 11.6 Å². The first kappa shape index (κ1) is 21.7. The Balaban J connectivity index is 1.55. The molecule has 0 aliphatic heterocycles. The highest BCUT2D eigenvalue weighted by Gasteiger charge is 2.58. The number of nitrogens with two attached hydrogens (primary N) is 1. The van der Waals surface area contributed by atoms with Gasteiger partial charge in [0.2, 0.25) is 0 Å². The Hall–Kier alpha value is -2.53. The number of hydrogen-bond donors (Lipinski definition) is 2. The molecule has 2 atom stereocenters. The Morgan fingerprint density at radius 1 is 1.26 bits per heavy atom. The van der Waals surface area contributed by atoms with E-state index < -0.39 is 44.6 Å². The molecule has 3 N–H and O–H groups in total. The average Bonchev–Trinajstić information content (AvgIpc) is 3.56. The Morgan fingerprint density at radius 2 is 1.97 bits per heavy atom. The van der Waals surface area contributed by atoms with Crippen molar-refractivity contribution in [3.05, 3.63) is 47.0 Å². The van der Waals surface area contributed by atoms with Crippen LogP contribution in [0.2, 0.25) is 5.02 Å². The normalized spacial score (nSPS) is 21.9. The number of nitrogen functional groups attached to an aromatic ring is 1. The van der Waals surface area contributed by atoms with Gasteiger partial charge in [0, 0.05) is 17.9 Å². The lowest BCUT2D eigenvalue weighted by Gasteiger charge is -2.20. The standard InChI is InChI=1S/C19H17ClF3N3O4S/c20-10-4-5-11(12-9-13(12)19(21,22)23)14(8-10)30-18(6-7-18)17(27)26-31(28,29)16-3-1-2-15(24)25-16/h1-5,8,12-13H,6-7,9H2,(H2,24,25)(H,26,27). The maximum atomic E-state index is 13.0. The second kappa shape index (κ2) is 7.27. The molecular weight excluding hydrogens is 459 g/mol.